The maximum atomic E-state index is 10.3. The monoisotopic (exact) mass is 223 g/mol. The topological polar surface area (TPSA) is 45.4 Å². The third-order valence-electron chi connectivity index (χ3n) is 3.60. The molecule has 2 N–H and O–H groups in total. The van der Waals surface area contributed by atoms with Crippen LogP contribution in [0.1, 0.15) is 38.4 Å². The molecule has 3 nitrogen and oxygen atoms in total. The molecular weight excluding hydrogens is 202 g/mol. The second-order valence-electron chi connectivity index (χ2n) is 5.02. The van der Waals surface area contributed by atoms with Crippen LogP contribution in [0.15, 0.2) is 22.8 Å². The molecule has 0 spiro atoms. The van der Waals surface area contributed by atoms with E-state index in [-0.39, 0.29) is 0 Å². The van der Waals surface area contributed by atoms with Gasteiger partial charge in [-0.15, -0.1) is 0 Å². The molecule has 2 rings (SSSR count). The number of hydrogen-bond acceptors (Lipinski definition) is 3. The van der Waals surface area contributed by atoms with Gasteiger partial charge in [-0.1, -0.05) is 12.8 Å². The van der Waals surface area contributed by atoms with Crippen molar-refractivity contribution in [2.75, 3.05) is 6.54 Å². The van der Waals surface area contributed by atoms with Gasteiger partial charge in [0.2, 0.25) is 0 Å². The van der Waals surface area contributed by atoms with Crippen molar-refractivity contribution in [3.05, 3.63) is 24.2 Å². The highest BCUT2D eigenvalue weighted by molar-refractivity contribution is 4.98. The summed E-state index contributed by atoms with van der Waals surface area (Å²) >= 11 is 0. The Kier molecular flexibility index (Phi) is 3.66. The lowest BCUT2D eigenvalue weighted by Gasteiger charge is -2.30. The van der Waals surface area contributed by atoms with Gasteiger partial charge in [-0.3, -0.25) is 0 Å². The zero-order valence-electron chi connectivity index (χ0n) is 9.91. The zero-order chi connectivity index (χ0) is 11.4. The number of furan rings is 1. The fraction of sp³-hybridized carbons (Fsp3) is 0.692. The SMILES string of the molecule is CC(O)(CNCc1ccco1)C1CCCC1. The Bertz CT molecular complexity index is 300. The first-order valence-electron chi connectivity index (χ1n) is 6.14. The predicted octanol–water partition coefficient (Wildman–Crippen LogP) is 2.31. The minimum atomic E-state index is -0.580. The number of rotatable bonds is 5. The molecule has 90 valence electrons. The minimum absolute atomic E-state index is 0.455. The van der Waals surface area contributed by atoms with Crippen LogP contribution in [0.2, 0.25) is 0 Å². The van der Waals surface area contributed by atoms with Crippen molar-refractivity contribution in [3.63, 3.8) is 0 Å². The summed E-state index contributed by atoms with van der Waals surface area (Å²) < 4.78 is 5.23. The second kappa shape index (κ2) is 5.02. The third kappa shape index (κ3) is 2.86. The highest BCUT2D eigenvalue weighted by Crippen LogP contribution is 2.33. The molecule has 1 saturated carbocycles. The first kappa shape index (κ1) is 11.7. The van der Waals surface area contributed by atoms with E-state index in [4.69, 9.17) is 4.42 Å². The van der Waals surface area contributed by atoms with E-state index in [1.54, 1.807) is 6.26 Å². The van der Waals surface area contributed by atoms with Crippen LogP contribution in [-0.4, -0.2) is 17.3 Å². The average Bonchev–Trinajstić information content (AvgIpc) is 2.90. The summed E-state index contributed by atoms with van der Waals surface area (Å²) in [4.78, 5) is 0. The van der Waals surface area contributed by atoms with Crippen molar-refractivity contribution < 1.29 is 9.52 Å². The van der Waals surface area contributed by atoms with E-state index in [0.29, 0.717) is 19.0 Å². The Morgan fingerprint density at radius 1 is 1.50 bits per heavy atom. The lowest BCUT2D eigenvalue weighted by Crippen LogP contribution is -2.43. The van der Waals surface area contributed by atoms with Gasteiger partial charge in [-0.05, 0) is 37.8 Å². The molecule has 3 heteroatoms. The Balaban J connectivity index is 1.75. The van der Waals surface area contributed by atoms with Crippen molar-refractivity contribution in [2.24, 2.45) is 5.92 Å². The van der Waals surface area contributed by atoms with E-state index in [1.165, 1.54) is 12.8 Å². The molecular formula is C13H21NO2. The minimum Gasteiger partial charge on any atom is -0.468 e. The van der Waals surface area contributed by atoms with Gasteiger partial charge in [0.1, 0.15) is 5.76 Å². The van der Waals surface area contributed by atoms with E-state index >= 15 is 0 Å². The van der Waals surface area contributed by atoms with Crippen LogP contribution < -0.4 is 5.32 Å². The van der Waals surface area contributed by atoms with Gasteiger partial charge < -0.3 is 14.8 Å². The van der Waals surface area contributed by atoms with Crippen molar-refractivity contribution in [3.8, 4) is 0 Å². The molecule has 0 bridgehead atoms. The summed E-state index contributed by atoms with van der Waals surface area (Å²) in [6, 6.07) is 3.82. The first-order valence-corrected chi connectivity index (χ1v) is 6.14. The summed E-state index contributed by atoms with van der Waals surface area (Å²) in [5.41, 5.74) is -0.580. The first-order chi connectivity index (χ1) is 7.68. The van der Waals surface area contributed by atoms with Crippen LogP contribution in [0.25, 0.3) is 0 Å². The molecule has 0 aliphatic heterocycles. The largest absolute Gasteiger partial charge is 0.468 e. The zero-order valence-corrected chi connectivity index (χ0v) is 9.91. The van der Waals surface area contributed by atoms with Crippen molar-refractivity contribution in [2.45, 2.75) is 44.8 Å². The van der Waals surface area contributed by atoms with Gasteiger partial charge in [0.05, 0.1) is 18.4 Å². The maximum absolute atomic E-state index is 10.3. The van der Waals surface area contributed by atoms with Gasteiger partial charge in [0.15, 0.2) is 0 Å². The van der Waals surface area contributed by atoms with E-state index in [9.17, 15) is 5.11 Å². The molecule has 1 aliphatic carbocycles. The predicted molar refractivity (Wildman–Crippen MR) is 63.0 cm³/mol. The molecule has 1 fully saturated rings. The second-order valence-corrected chi connectivity index (χ2v) is 5.02. The molecule has 1 aromatic rings. The smallest absolute Gasteiger partial charge is 0.117 e. The lowest BCUT2D eigenvalue weighted by molar-refractivity contribution is 0.00187. The fourth-order valence-electron chi connectivity index (χ4n) is 2.54. The summed E-state index contributed by atoms with van der Waals surface area (Å²) in [6.45, 7) is 3.27. The van der Waals surface area contributed by atoms with Gasteiger partial charge in [0, 0.05) is 6.54 Å². The maximum Gasteiger partial charge on any atom is 0.117 e. The lowest BCUT2D eigenvalue weighted by atomic mass is 9.88. The molecule has 0 radical (unpaired) electrons. The Labute approximate surface area is 96.8 Å². The highest BCUT2D eigenvalue weighted by Gasteiger charge is 2.33. The van der Waals surface area contributed by atoms with Crippen LogP contribution in [0, 0.1) is 5.92 Å². The van der Waals surface area contributed by atoms with Crippen LogP contribution in [0.5, 0.6) is 0 Å². The van der Waals surface area contributed by atoms with E-state index in [1.807, 2.05) is 19.1 Å². The molecule has 1 aliphatic rings. The Morgan fingerprint density at radius 2 is 2.25 bits per heavy atom. The molecule has 1 atom stereocenters. The van der Waals surface area contributed by atoms with E-state index in [0.717, 1.165) is 18.6 Å². The summed E-state index contributed by atoms with van der Waals surface area (Å²) in [5.74, 6) is 1.37. The number of hydrogen-bond donors (Lipinski definition) is 2. The Morgan fingerprint density at radius 3 is 2.88 bits per heavy atom. The summed E-state index contributed by atoms with van der Waals surface area (Å²) in [6.07, 6.45) is 6.52. The molecule has 1 unspecified atom stereocenters. The van der Waals surface area contributed by atoms with Crippen LogP contribution in [-0.2, 0) is 6.54 Å². The van der Waals surface area contributed by atoms with E-state index in [2.05, 4.69) is 5.32 Å². The number of nitrogens with one attached hydrogen (secondary N) is 1. The third-order valence-corrected chi connectivity index (χ3v) is 3.60. The van der Waals surface area contributed by atoms with Crippen molar-refractivity contribution in [1.29, 1.82) is 0 Å². The van der Waals surface area contributed by atoms with Crippen molar-refractivity contribution in [1.82, 2.24) is 5.32 Å². The van der Waals surface area contributed by atoms with Gasteiger partial charge in [-0.25, -0.2) is 0 Å². The molecule has 1 heterocycles. The van der Waals surface area contributed by atoms with Crippen LogP contribution >= 0.6 is 0 Å². The quantitative estimate of drug-likeness (QED) is 0.805. The average molecular weight is 223 g/mol. The normalized spacial score (nSPS) is 21.1. The van der Waals surface area contributed by atoms with E-state index < -0.39 is 5.60 Å². The van der Waals surface area contributed by atoms with Crippen LogP contribution in [0.4, 0.5) is 0 Å². The molecule has 0 amide bonds. The van der Waals surface area contributed by atoms with Gasteiger partial charge in [-0.2, -0.15) is 0 Å². The highest BCUT2D eigenvalue weighted by atomic mass is 16.3. The standard InChI is InChI=1S/C13H21NO2/c1-13(15,11-5-2-3-6-11)10-14-9-12-7-4-8-16-12/h4,7-8,11,14-15H,2-3,5-6,9-10H2,1H3. The number of aliphatic hydroxyl groups is 1. The summed E-state index contributed by atoms with van der Waals surface area (Å²) in [5, 5.41) is 13.6. The fourth-order valence-corrected chi connectivity index (χ4v) is 2.54. The Hall–Kier alpha value is -0.800. The van der Waals surface area contributed by atoms with Crippen LogP contribution in [0.3, 0.4) is 0 Å². The molecule has 16 heavy (non-hydrogen) atoms. The molecule has 0 saturated heterocycles. The molecule has 0 aromatic carbocycles. The molecule has 1 aromatic heterocycles. The van der Waals surface area contributed by atoms with Gasteiger partial charge in [0.25, 0.3) is 0 Å². The van der Waals surface area contributed by atoms with Gasteiger partial charge >= 0.3 is 0 Å². The van der Waals surface area contributed by atoms with Crippen molar-refractivity contribution >= 4 is 0 Å². The summed E-state index contributed by atoms with van der Waals surface area (Å²) in [7, 11) is 0.